The fourth-order valence-corrected chi connectivity index (χ4v) is 2.93. The molecule has 0 saturated heterocycles. The number of nitriles is 1. The lowest BCUT2D eigenvalue weighted by Gasteiger charge is -2.05. The Morgan fingerprint density at radius 1 is 1.19 bits per heavy atom. The standard InChI is InChI=1S/C20H15ClN4O2/c21-16-6-2-3-7-17(16)24-20(27)13(10-22)9-14-11-25(12-19(23)26)18-8-4-1-5-15(14)18/h1-9,11H,12H2,(H2,23,26)(H,24,27)/b13-9-. The quantitative estimate of drug-likeness (QED) is 0.526. The minimum atomic E-state index is -0.572. The predicted molar refractivity (Wildman–Crippen MR) is 105 cm³/mol. The lowest BCUT2D eigenvalue weighted by atomic mass is 10.1. The minimum absolute atomic E-state index is 0.00204. The molecule has 3 N–H and O–H groups in total. The van der Waals surface area contributed by atoms with Crippen molar-refractivity contribution in [3.05, 3.63) is 70.9 Å². The number of nitrogens with one attached hydrogen (secondary N) is 1. The molecule has 0 atom stereocenters. The molecule has 134 valence electrons. The summed E-state index contributed by atoms with van der Waals surface area (Å²) in [5.74, 6) is -1.06. The zero-order valence-electron chi connectivity index (χ0n) is 14.1. The van der Waals surface area contributed by atoms with Crippen molar-refractivity contribution in [3.8, 4) is 6.07 Å². The molecule has 3 rings (SSSR count). The molecule has 27 heavy (non-hydrogen) atoms. The largest absolute Gasteiger partial charge is 0.368 e. The van der Waals surface area contributed by atoms with Crippen molar-refractivity contribution in [1.29, 1.82) is 5.26 Å². The van der Waals surface area contributed by atoms with Crippen molar-refractivity contribution in [3.63, 3.8) is 0 Å². The molecule has 1 heterocycles. The first-order valence-corrected chi connectivity index (χ1v) is 8.41. The molecule has 0 fully saturated rings. The van der Waals surface area contributed by atoms with Crippen LogP contribution in [0.2, 0.25) is 5.02 Å². The van der Waals surface area contributed by atoms with E-state index >= 15 is 0 Å². The van der Waals surface area contributed by atoms with Crippen LogP contribution in [0.4, 0.5) is 5.69 Å². The molecule has 0 aliphatic carbocycles. The van der Waals surface area contributed by atoms with Crippen LogP contribution in [0.5, 0.6) is 0 Å². The molecular weight excluding hydrogens is 364 g/mol. The van der Waals surface area contributed by atoms with Gasteiger partial charge in [-0.2, -0.15) is 5.26 Å². The number of rotatable bonds is 5. The van der Waals surface area contributed by atoms with Crippen molar-refractivity contribution in [1.82, 2.24) is 4.57 Å². The highest BCUT2D eigenvalue weighted by Crippen LogP contribution is 2.25. The number of primary amides is 1. The average Bonchev–Trinajstić information content (AvgIpc) is 2.98. The third-order valence-electron chi connectivity index (χ3n) is 3.93. The first-order chi connectivity index (χ1) is 13.0. The Morgan fingerprint density at radius 2 is 1.89 bits per heavy atom. The minimum Gasteiger partial charge on any atom is -0.368 e. The first kappa shape index (κ1) is 18.2. The summed E-state index contributed by atoms with van der Waals surface area (Å²) >= 11 is 6.04. The van der Waals surface area contributed by atoms with Crippen molar-refractivity contribution in [2.24, 2.45) is 5.73 Å². The molecule has 2 aromatic carbocycles. The van der Waals surface area contributed by atoms with E-state index in [4.69, 9.17) is 17.3 Å². The van der Waals surface area contributed by atoms with Gasteiger partial charge in [0.05, 0.1) is 10.7 Å². The number of carbonyl (C=O) groups is 2. The molecule has 7 heteroatoms. The fraction of sp³-hybridized carbons (Fsp3) is 0.0500. The van der Waals surface area contributed by atoms with Crippen LogP contribution in [0.15, 0.2) is 60.3 Å². The summed E-state index contributed by atoms with van der Waals surface area (Å²) in [7, 11) is 0. The number of para-hydroxylation sites is 2. The van der Waals surface area contributed by atoms with Crippen LogP contribution in [0, 0.1) is 11.3 Å². The van der Waals surface area contributed by atoms with E-state index in [-0.39, 0.29) is 12.1 Å². The molecule has 0 bridgehead atoms. The summed E-state index contributed by atoms with van der Waals surface area (Å²) in [6.07, 6.45) is 3.17. The molecule has 0 aliphatic rings. The number of halogens is 1. The van der Waals surface area contributed by atoms with Gasteiger partial charge in [0.2, 0.25) is 5.91 Å². The van der Waals surface area contributed by atoms with Gasteiger partial charge in [0.15, 0.2) is 0 Å². The maximum absolute atomic E-state index is 12.5. The number of nitrogens with two attached hydrogens (primary N) is 1. The van der Waals surface area contributed by atoms with Gasteiger partial charge < -0.3 is 15.6 Å². The molecule has 2 amide bonds. The third kappa shape index (κ3) is 4.00. The van der Waals surface area contributed by atoms with Gasteiger partial charge in [0, 0.05) is 22.7 Å². The van der Waals surface area contributed by atoms with Gasteiger partial charge in [-0.05, 0) is 24.3 Å². The zero-order chi connectivity index (χ0) is 19.4. The second-order valence-corrected chi connectivity index (χ2v) is 6.21. The number of aromatic nitrogens is 1. The summed E-state index contributed by atoms with van der Waals surface area (Å²) in [6.45, 7) is 0.00204. The van der Waals surface area contributed by atoms with Crippen LogP contribution in [0.25, 0.3) is 17.0 Å². The molecule has 3 aromatic rings. The topological polar surface area (TPSA) is 101 Å². The molecule has 0 unspecified atom stereocenters. The molecular formula is C20H15ClN4O2. The van der Waals surface area contributed by atoms with E-state index in [1.807, 2.05) is 30.3 Å². The molecule has 0 aliphatic heterocycles. The van der Waals surface area contributed by atoms with Crippen molar-refractivity contribution >= 4 is 46.1 Å². The van der Waals surface area contributed by atoms with E-state index in [0.29, 0.717) is 16.3 Å². The Balaban J connectivity index is 1.98. The molecule has 1 aromatic heterocycles. The maximum atomic E-state index is 12.5. The summed E-state index contributed by atoms with van der Waals surface area (Å²) in [6, 6.07) is 16.0. The lowest BCUT2D eigenvalue weighted by Crippen LogP contribution is -2.17. The molecule has 0 saturated carbocycles. The van der Waals surface area contributed by atoms with Crippen LogP contribution in [-0.4, -0.2) is 16.4 Å². The monoisotopic (exact) mass is 378 g/mol. The third-order valence-corrected chi connectivity index (χ3v) is 4.26. The SMILES string of the molecule is N#C/C(=C/c1cn(CC(N)=O)c2ccccc12)C(=O)Nc1ccccc1Cl. The first-order valence-electron chi connectivity index (χ1n) is 8.03. The molecule has 0 radical (unpaired) electrons. The van der Waals surface area contributed by atoms with E-state index in [0.717, 1.165) is 10.9 Å². The number of benzene rings is 2. The van der Waals surface area contributed by atoms with Crippen LogP contribution in [-0.2, 0) is 16.1 Å². The Labute approximate surface area is 160 Å². The van der Waals surface area contributed by atoms with Gasteiger partial charge in [-0.25, -0.2) is 0 Å². The number of hydrogen-bond acceptors (Lipinski definition) is 3. The second-order valence-electron chi connectivity index (χ2n) is 5.80. The van der Waals surface area contributed by atoms with E-state index in [1.54, 1.807) is 35.0 Å². The van der Waals surface area contributed by atoms with Gasteiger partial charge in [-0.3, -0.25) is 9.59 Å². The van der Waals surface area contributed by atoms with E-state index in [9.17, 15) is 14.9 Å². The fourth-order valence-electron chi connectivity index (χ4n) is 2.75. The highest BCUT2D eigenvalue weighted by Gasteiger charge is 2.14. The lowest BCUT2D eigenvalue weighted by molar-refractivity contribution is -0.118. The number of hydrogen-bond donors (Lipinski definition) is 2. The number of fused-ring (bicyclic) bond motifs is 1. The summed E-state index contributed by atoms with van der Waals surface area (Å²) in [4.78, 5) is 23.8. The smallest absolute Gasteiger partial charge is 0.266 e. The highest BCUT2D eigenvalue weighted by atomic mass is 35.5. The predicted octanol–water partition coefficient (Wildman–Crippen LogP) is 3.33. The van der Waals surface area contributed by atoms with Crippen LogP contribution in [0.1, 0.15) is 5.56 Å². The van der Waals surface area contributed by atoms with Crippen molar-refractivity contribution < 1.29 is 9.59 Å². The summed E-state index contributed by atoms with van der Waals surface area (Å²) in [5.41, 5.74) is 7.05. The van der Waals surface area contributed by atoms with Crippen LogP contribution in [0.3, 0.4) is 0 Å². The highest BCUT2D eigenvalue weighted by molar-refractivity contribution is 6.34. The summed E-state index contributed by atoms with van der Waals surface area (Å²) < 4.78 is 1.68. The van der Waals surface area contributed by atoms with Gasteiger partial charge in [-0.15, -0.1) is 0 Å². The molecule has 6 nitrogen and oxygen atoms in total. The van der Waals surface area contributed by atoms with E-state index < -0.39 is 11.8 Å². The Morgan fingerprint density at radius 3 is 2.59 bits per heavy atom. The van der Waals surface area contributed by atoms with E-state index in [1.165, 1.54) is 6.08 Å². The normalized spacial score (nSPS) is 11.2. The Kier molecular flexibility index (Phi) is 5.25. The van der Waals surface area contributed by atoms with E-state index in [2.05, 4.69) is 5.32 Å². The summed E-state index contributed by atoms with van der Waals surface area (Å²) in [5, 5.41) is 13.2. The number of anilines is 1. The second kappa shape index (κ2) is 7.77. The van der Waals surface area contributed by atoms with Crippen LogP contribution >= 0.6 is 11.6 Å². The van der Waals surface area contributed by atoms with Gasteiger partial charge in [0.1, 0.15) is 18.2 Å². The Bertz CT molecular complexity index is 1110. The number of carbonyl (C=O) groups excluding carboxylic acids is 2. The maximum Gasteiger partial charge on any atom is 0.266 e. The molecule has 0 spiro atoms. The van der Waals surface area contributed by atoms with Gasteiger partial charge in [0.25, 0.3) is 5.91 Å². The van der Waals surface area contributed by atoms with Gasteiger partial charge in [-0.1, -0.05) is 41.9 Å². The Hall–Kier alpha value is -3.56. The average molecular weight is 379 g/mol. The number of amides is 2. The van der Waals surface area contributed by atoms with Crippen molar-refractivity contribution in [2.45, 2.75) is 6.54 Å². The van der Waals surface area contributed by atoms with Crippen molar-refractivity contribution in [2.75, 3.05) is 5.32 Å². The van der Waals surface area contributed by atoms with Crippen LogP contribution < -0.4 is 11.1 Å². The zero-order valence-corrected chi connectivity index (χ0v) is 14.9. The van der Waals surface area contributed by atoms with Gasteiger partial charge >= 0.3 is 0 Å². The number of nitrogens with zero attached hydrogens (tertiary/aromatic N) is 2.